The van der Waals surface area contributed by atoms with Gasteiger partial charge < -0.3 is 20.5 Å². The molecular formula is C25H28F2N2O5. The Balaban J connectivity index is 1.42. The number of halogens is 2. The molecule has 2 aromatic rings. The third-order valence-corrected chi connectivity index (χ3v) is 5.85. The predicted molar refractivity (Wildman–Crippen MR) is 122 cm³/mol. The smallest absolute Gasteiger partial charge is 0.407 e. The molecule has 0 spiro atoms. The number of rotatable bonds is 11. The first-order valence-electron chi connectivity index (χ1n) is 11.1. The number of ether oxygens (including phenoxy) is 1. The van der Waals surface area contributed by atoms with Crippen molar-refractivity contribution in [2.45, 2.75) is 44.6 Å². The van der Waals surface area contributed by atoms with Gasteiger partial charge in [0.1, 0.15) is 12.6 Å². The van der Waals surface area contributed by atoms with Crippen LogP contribution >= 0.6 is 0 Å². The van der Waals surface area contributed by atoms with E-state index in [9.17, 15) is 23.2 Å². The van der Waals surface area contributed by atoms with E-state index in [1.165, 1.54) is 0 Å². The summed E-state index contributed by atoms with van der Waals surface area (Å²) in [5.74, 6) is -2.23. The highest BCUT2D eigenvalue weighted by atomic mass is 19.3. The van der Waals surface area contributed by atoms with Crippen molar-refractivity contribution < 1.29 is 33.0 Å². The lowest BCUT2D eigenvalue weighted by Crippen LogP contribution is -2.41. The molecule has 0 aliphatic heterocycles. The van der Waals surface area contributed by atoms with Gasteiger partial charge in [0.05, 0.1) is 6.42 Å². The minimum Gasteiger partial charge on any atom is -0.481 e. The number of fused-ring (bicyclic) bond motifs is 3. The summed E-state index contributed by atoms with van der Waals surface area (Å²) in [6.07, 6.45) is -4.11. The lowest BCUT2D eigenvalue weighted by molar-refractivity contribution is -0.139. The number of nitrogens with one attached hydrogen (secondary N) is 2. The van der Waals surface area contributed by atoms with Gasteiger partial charge in [-0.25, -0.2) is 13.6 Å². The molecule has 9 heteroatoms. The Kier molecular flexibility index (Phi) is 8.56. The summed E-state index contributed by atoms with van der Waals surface area (Å²) < 4.78 is 31.1. The third-order valence-electron chi connectivity index (χ3n) is 5.85. The van der Waals surface area contributed by atoms with Crippen LogP contribution in [0.15, 0.2) is 48.5 Å². The number of aliphatic carboxylic acids is 1. The zero-order valence-corrected chi connectivity index (χ0v) is 18.8. The lowest BCUT2D eigenvalue weighted by Gasteiger charge is -2.18. The first kappa shape index (κ1) is 25.1. The maximum atomic E-state index is 12.8. The monoisotopic (exact) mass is 474 g/mol. The Hall–Kier alpha value is -3.49. The van der Waals surface area contributed by atoms with Crippen LogP contribution < -0.4 is 10.6 Å². The Morgan fingerprint density at radius 2 is 1.62 bits per heavy atom. The molecule has 1 aliphatic carbocycles. The molecular weight excluding hydrogens is 446 g/mol. The molecule has 0 fully saturated rings. The Morgan fingerprint density at radius 1 is 1.03 bits per heavy atom. The molecule has 2 aromatic carbocycles. The molecule has 0 aromatic heterocycles. The highest BCUT2D eigenvalue weighted by Crippen LogP contribution is 2.44. The fourth-order valence-electron chi connectivity index (χ4n) is 4.06. The van der Waals surface area contributed by atoms with E-state index in [0.29, 0.717) is 6.42 Å². The maximum absolute atomic E-state index is 12.8. The van der Waals surface area contributed by atoms with Gasteiger partial charge in [-0.05, 0) is 34.6 Å². The summed E-state index contributed by atoms with van der Waals surface area (Å²) in [6.45, 7) is 2.24. The number of carbonyl (C=O) groups is 3. The van der Waals surface area contributed by atoms with Gasteiger partial charge in [-0.1, -0.05) is 55.5 Å². The number of carboxylic acid groups (broad SMARTS) is 1. The molecule has 182 valence electrons. The van der Waals surface area contributed by atoms with Gasteiger partial charge in [0.25, 0.3) is 6.43 Å². The minimum atomic E-state index is -2.97. The number of carboxylic acids is 1. The van der Waals surface area contributed by atoms with Gasteiger partial charge >= 0.3 is 12.1 Å². The predicted octanol–water partition coefficient (Wildman–Crippen LogP) is 4.17. The fraction of sp³-hybridized carbons (Fsp3) is 0.400. The standard InChI is InChI=1S/C25H28F2N2O5/c1-15(10-11-22(30)29-21(24(26)27)12-23(31)32)13-28-25(33)34-14-20-18-8-4-2-6-16(18)17-7-3-5-9-19(17)20/h2-9,15,20-21,24H,10-14H2,1H3,(H,28,33)(H,29,30)(H,31,32). The van der Waals surface area contributed by atoms with E-state index in [2.05, 4.69) is 22.8 Å². The summed E-state index contributed by atoms with van der Waals surface area (Å²) in [7, 11) is 0. The summed E-state index contributed by atoms with van der Waals surface area (Å²) in [5.41, 5.74) is 4.50. The fourth-order valence-corrected chi connectivity index (χ4v) is 4.06. The van der Waals surface area contributed by atoms with E-state index >= 15 is 0 Å². The van der Waals surface area contributed by atoms with Crippen molar-refractivity contribution in [3.8, 4) is 11.1 Å². The van der Waals surface area contributed by atoms with Crippen LogP contribution in [0, 0.1) is 5.92 Å². The molecule has 1 aliphatic rings. The van der Waals surface area contributed by atoms with Crippen molar-refractivity contribution in [3.05, 3.63) is 59.7 Å². The Morgan fingerprint density at radius 3 is 2.18 bits per heavy atom. The van der Waals surface area contributed by atoms with E-state index in [4.69, 9.17) is 9.84 Å². The van der Waals surface area contributed by atoms with E-state index in [1.807, 2.05) is 36.4 Å². The van der Waals surface area contributed by atoms with Crippen LogP contribution in [0.2, 0.25) is 0 Å². The van der Waals surface area contributed by atoms with Gasteiger partial charge in [-0.2, -0.15) is 0 Å². The molecule has 3 rings (SSSR count). The highest BCUT2D eigenvalue weighted by molar-refractivity contribution is 5.79. The average Bonchev–Trinajstić information content (AvgIpc) is 3.13. The van der Waals surface area contributed by atoms with Crippen LogP contribution in [0.3, 0.4) is 0 Å². The van der Waals surface area contributed by atoms with Gasteiger partial charge in [-0.3, -0.25) is 9.59 Å². The van der Waals surface area contributed by atoms with Crippen molar-refractivity contribution >= 4 is 18.0 Å². The normalized spacial score (nSPS) is 14.1. The van der Waals surface area contributed by atoms with Gasteiger partial charge in [0.2, 0.25) is 5.91 Å². The van der Waals surface area contributed by atoms with Crippen LogP contribution in [0.4, 0.5) is 13.6 Å². The molecule has 2 unspecified atom stereocenters. The maximum Gasteiger partial charge on any atom is 0.407 e. The third kappa shape index (κ3) is 6.52. The Labute approximate surface area is 196 Å². The second-order valence-corrected chi connectivity index (χ2v) is 8.46. The van der Waals surface area contributed by atoms with Crippen molar-refractivity contribution in [3.63, 3.8) is 0 Å². The van der Waals surface area contributed by atoms with Gasteiger partial charge in [0, 0.05) is 18.9 Å². The quantitative estimate of drug-likeness (QED) is 0.454. The first-order valence-corrected chi connectivity index (χ1v) is 11.1. The number of carbonyl (C=O) groups excluding carboxylic acids is 2. The van der Waals surface area contributed by atoms with Crippen LogP contribution in [-0.4, -0.2) is 48.7 Å². The summed E-state index contributed by atoms with van der Waals surface area (Å²) in [5, 5.41) is 13.4. The van der Waals surface area contributed by atoms with E-state index < -0.39 is 36.9 Å². The number of benzene rings is 2. The molecule has 2 atom stereocenters. The van der Waals surface area contributed by atoms with E-state index in [0.717, 1.165) is 22.3 Å². The van der Waals surface area contributed by atoms with Crippen molar-refractivity contribution in [2.24, 2.45) is 5.92 Å². The minimum absolute atomic E-state index is 0.0483. The molecule has 0 bridgehead atoms. The molecule has 7 nitrogen and oxygen atoms in total. The number of hydrogen-bond acceptors (Lipinski definition) is 4. The Bertz CT molecular complexity index is 984. The van der Waals surface area contributed by atoms with Crippen LogP contribution in [0.1, 0.15) is 43.2 Å². The SMILES string of the molecule is CC(CCC(=O)NC(CC(=O)O)C(F)F)CNC(=O)OCC1c2ccccc2-c2ccccc21. The van der Waals surface area contributed by atoms with Crippen molar-refractivity contribution in [2.75, 3.05) is 13.2 Å². The number of alkyl halides is 2. The second kappa shape index (κ2) is 11.6. The van der Waals surface area contributed by atoms with Crippen molar-refractivity contribution in [1.82, 2.24) is 10.6 Å². The summed E-state index contributed by atoms with van der Waals surface area (Å²) in [4.78, 5) is 34.8. The molecule has 3 N–H and O–H groups in total. The van der Waals surface area contributed by atoms with Crippen molar-refractivity contribution in [1.29, 1.82) is 0 Å². The van der Waals surface area contributed by atoms with Gasteiger partial charge in [0.15, 0.2) is 0 Å². The molecule has 0 radical (unpaired) electrons. The molecule has 0 heterocycles. The summed E-state index contributed by atoms with van der Waals surface area (Å²) >= 11 is 0. The van der Waals surface area contributed by atoms with Gasteiger partial charge in [-0.15, -0.1) is 0 Å². The largest absolute Gasteiger partial charge is 0.481 e. The van der Waals surface area contributed by atoms with E-state index in [-0.39, 0.29) is 31.4 Å². The topological polar surface area (TPSA) is 105 Å². The average molecular weight is 475 g/mol. The lowest BCUT2D eigenvalue weighted by atomic mass is 9.98. The van der Waals surface area contributed by atoms with Crippen LogP contribution in [0.5, 0.6) is 0 Å². The second-order valence-electron chi connectivity index (χ2n) is 8.46. The first-order chi connectivity index (χ1) is 16.3. The zero-order valence-electron chi connectivity index (χ0n) is 18.8. The van der Waals surface area contributed by atoms with Crippen LogP contribution in [-0.2, 0) is 14.3 Å². The zero-order chi connectivity index (χ0) is 24.7. The highest BCUT2D eigenvalue weighted by Gasteiger charge is 2.29. The molecule has 2 amide bonds. The number of hydrogen-bond donors (Lipinski definition) is 3. The summed E-state index contributed by atoms with van der Waals surface area (Å²) in [6, 6.07) is 14.3. The molecule has 0 saturated carbocycles. The number of alkyl carbamates (subject to hydrolysis) is 1. The number of amides is 2. The van der Waals surface area contributed by atoms with E-state index in [1.54, 1.807) is 6.92 Å². The molecule has 34 heavy (non-hydrogen) atoms. The molecule has 0 saturated heterocycles. The van der Waals surface area contributed by atoms with Crippen LogP contribution in [0.25, 0.3) is 11.1 Å².